The third-order valence-corrected chi connectivity index (χ3v) is 2.49. The first-order valence-electron chi connectivity index (χ1n) is 5.66. The van der Waals surface area contributed by atoms with E-state index in [1.54, 1.807) is 13.8 Å². The minimum Gasteiger partial charge on any atom is -0.465 e. The van der Waals surface area contributed by atoms with Gasteiger partial charge in [0.1, 0.15) is 11.6 Å². The number of aromatic nitrogens is 1. The van der Waals surface area contributed by atoms with Gasteiger partial charge in [0.2, 0.25) is 0 Å². The van der Waals surface area contributed by atoms with Crippen LogP contribution in [0.15, 0.2) is 16.9 Å². The zero-order valence-electron chi connectivity index (χ0n) is 10.6. The lowest BCUT2D eigenvalue weighted by atomic mass is 10.3. The SMILES string of the molecule is CCN(C(=O)O)c1cc(=O)cc(N(CC)C(=O)O)[nH]1. The zero-order valence-corrected chi connectivity index (χ0v) is 10.6. The van der Waals surface area contributed by atoms with Crippen molar-refractivity contribution < 1.29 is 19.8 Å². The average molecular weight is 269 g/mol. The van der Waals surface area contributed by atoms with Gasteiger partial charge in [0.05, 0.1) is 0 Å². The average Bonchev–Trinajstić information content (AvgIpc) is 2.28. The molecule has 1 aromatic heterocycles. The number of rotatable bonds is 4. The van der Waals surface area contributed by atoms with Crippen molar-refractivity contribution in [1.82, 2.24) is 4.98 Å². The molecule has 0 fully saturated rings. The van der Waals surface area contributed by atoms with Gasteiger partial charge < -0.3 is 15.2 Å². The largest absolute Gasteiger partial charge is 0.465 e. The Morgan fingerprint density at radius 1 is 1.05 bits per heavy atom. The van der Waals surface area contributed by atoms with Gasteiger partial charge in [-0.2, -0.15) is 0 Å². The van der Waals surface area contributed by atoms with Crippen LogP contribution in [0.1, 0.15) is 13.8 Å². The van der Waals surface area contributed by atoms with E-state index in [2.05, 4.69) is 4.98 Å². The number of hydrogen-bond donors (Lipinski definition) is 3. The smallest absolute Gasteiger partial charge is 0.412 e. The standard InChI is InChI=1S/C11H15N3O5/c1-3-13(10(16)17)8-5-7(15)6-9(12-8)14(4-2)11(18)19/h5-6H,3-4H2,1-2H3,(H,12,15)(H,16,17)(H,18,19). The van der Waals surface area contributed by atoms with Gasteiger partial charge in [-0.15, -0.1) is 0 Å². The Bertz CT molecular complexity index is 496. The fourth-order valence-corrected chi connectivity index (χ4v) is 1.62. The molecule has 1 heterocycles. The molecule has 1 rings (SSSR count). The maximum Gasteiger partial charge on any atom is 0.412 e. The van der Waals surface area contributed by atoms with Crippen LogP contribution in [0.4, 0.5) is 21.2 Å². The first kappa shape index (κ1) is 14.6. The van der Waals surface area contributed by atoms with E-state index in [0.717, 1.165) is 21.9 Å². The molecule has 104 valence electrons. The fourth-order valence-electron chi connectivity index (χ4n) is 1.62. The number of H-pyrrole nitrogens is 1. The third kappa shape index (κ3) is 3.24. The second-order valence-electron chi connectivity index (χ2n) is 3.64. The summed E-state index contributed by atoms with van der Waals surface area (Å²) in [4.78, 5) is 38.0. The number of hydrogen-bond acceptors (Lipinski definition) is 3. The predicted molar refractivity (Wildman–Crippen MR) is 69.2 cm³/mol. The summed E-state index contributed by atoms with van der Waals surface area (Å²) in [5.41, 5.74) is -0.469. The van der Waals surface area contributed by atoms with Crippen molar-refractivity contribution in [3.05, 3.63) is 22.4 Å². The lowest BCUT2D eigenvalue weighted by Gasteiger charge is -2.21. The quantitative estimate of drug-likeness (QED) is 0.764. The summed E-state index contributed by atoms with van der Waals surface area (Å²) in [6.45, 7) is 3.48. The maximum atomic E-state index is 11.5. The van der Waals surface area contributed by atoms with Crippen molar-refractivity contribution in [2.75, 3.05) is 22.9 Å². The van der Waals surface area contributed by atoms with Crippen molar-refractivity contribution in [2.24, 2.45) is 0 Å². The van der Waals surface area contributed by atoms with Crippen molar-refractivity contribution in [3.63, 3.8) is 0 Å². The van der Waals surface area contributed by atoms with Crippen LogP contribution in [0.2, 0.25) is 0 Å². The van der Waals surface area contributed by atoms with Crippen molar-refractivity contribution in [3.8, 4) is 0 Å². The molecule has 0 aliphatic rings. The lowest BCUT2D eigenvalue weighted by molar-refractivity contribution is 0.201. The lowest BCUT2D eigenvalue weighted by Crippen LogP contribution is -2.33. The number of nitrogens with one attached hydrogen (secondary N) is 1. The molecule has 8 nitrogen and oxygen atoms in total. The van der Waals surface area contributed by atoms with E-state index in [-0.39, 0.29) is 24.7 Å². The third-order valence-electron chi connectivity index (χ3n) is 2.49. The van der Waals surface area contributed by atoms with Gasteiger partial charge in [-0.05, 0) is 13.8 Å². The fraction of sp³-hybridized carbons (Fsp3) is 0.364. The predicted octanol–water partition coefficient (Wildman–Crippen LogP) is 1.38. The van der Waals surface area contributed by atoms with E-state index < -0.39 is 17.6 Å². The molecule has 0 atom stereocenters. The van der Waals surface area contributed by atoms with Gasteiger partial charge in [0, 0.05) is 25.2 Å². The van der Waals surface area contributed by atoms with Crippen molar-refractivity contribution in [1.29, 1.82) is 0 Å². The van der Waals surface area contributed by atoms with E-state index in [0.29, 0.717) is 0 Å². The summed E-state index contributed by atoms with van der Waals surface area (Å²) >= 11 is 0. The van der Waals surface area contributed by atoms with Crippen LogP contribution >= 0.6 is 0 Å². The highest BCUT2D eigenvalue weighted by atomic mass is 16.4. The summed E-state index contributed by atoms with van der Waals surface area (Å²) < 4.78 is 0. The Kier molecular flexibility index (Phi) is 4.51. The molecule has 0 bridgehead atoms. The van der Waals surface area contributed by atoms with Gasteiger partial charge in [0.25, 0.3) is 0 Å². The molecule has 2 amide bonds. The molecule has 0 spiro atoms. The minimum absolute atomic E-state index is 0.0391. The molecule has 0 aliphatic carbocycles. The Morgan fingerprint density at radius 3 is 1.68 bits per heavy atom. The number of pyridine rings is 1. The topological polar surface area (TPSA) is 114 Å². The minimum atomic E-state index is -1.23. The van der Waals surface area contributed by atoms with Gasteiger partial charge in [-0.1, -0.05) is 0 Å². The van der Waals surface area contributed by atoms with E-state index in [1.165, 1.54) is 0 Å². The van der Waals surface area contributed by atoms with E-state index in [9.17, 15) is 14.4 Å². The van der Waals surface area contributed by atoms with E-state index in [1.807, 2.05) is 0 Å². The van der Waals surface area contributed by atoms with Crippen LogP contribution in [0.5, 0.6) is 0 Å². The number of carboxylic acid groups (broad SMARTS) is 2. The normalized spacial score (nSPS) is 10.0. The number of anilines is 2. The maximum absolute atomic E-state index is 11.5. The molecule has 0 aliphatic heterocycles. The molecule has 0 saturated heterocycles. The second kappa shape index (κ2) is 5.89. The molecular weight excluding hydrogens is 254 g/mol. The highest BCUT2D eigenvalue weighted by Crippen LogP contribution is 2.15. The summed E-state index contributed by atoms with van der Waals surface area (Å²) in [6, 6.07) is 2.22. The number of aromatic amines is 1. The molecule has 0 aromatic carbocycles. The molecular formula is C11H15N3O5. The summed E-state index contributed by atoms with van der Waals surface area (Å²) in [5, 5.41) is 18.0. The van der Waals surface area contributed by atoms with Gasteiger partial charge in [-0.25, -0.2) is 9.59 Å². The van der Waals surface area contributed by atoms with Gasteiger partial charge >= 0.3 is 12.2 Å². The zero-order chi connectivity index (χ0) is 14.6. The highest BCUT2D eigenvalue weighted by molar-refractivity contribution is 5.87. The first-order valence-corrected chi connectivity index (χ1v) is 5.66. The number of nitrogens with zero attached hydrogens (tertiary/aromatic N) is 2. The van der Waals surface area contributed by atoms with Crippen molar-refractivity contribution in [2.45, 2.75) is 13.8 Å². The van der Waals surface area contributed by atoms with Crippen LogP contribution in [0, 0.1) is 0 Å². The molecule has 0 saturated carbocycles. The van der Waals surface area contributed by atoms with E-state index >= 15 is 0 Å². The van der Waals surface area contributed by atoms with E-state index in [4.69, 9.17) is 10.2 Å². The molecule has 0 radical (unpaired) electrons. The Morgan fingerprint density at radius 2 is 1.42 bits per heavy atom. The highest BCUT2D eigenvalue weighted by Gasteiger charge is 2.18. The first-order chi connectivity index (χ1) is 8.90. The van der Waals surface area contributed by atoms with Gasteiger partial charge in [0.15, 0.2) is 5.43 Å². The summed E-state index contributed by atoms with van der Waals surface area (Å²) in [7, 11) is 0. The van der Waals surface area contributed by atoms with Crippen LogP contribution in [-0.2, 0) is 0 Å². The monoisotopic (exact) mass is 269 g/mol. The molecule has 19 heavy (non-hydrogen) atoms. The molecule has 1 aromatic rings. The Hall–Kier alpha value is -2.51. The van der Waals surface area contributed by atoms with Gasteiger partial charge in [-0.3, -0.25) is 14.6 Å². The Balaban J connectivity index is 3.31. The van der Waals surface area contributed by atoms with Crippen LogP contribution in [0.25, 0.3) is 0 Å². The number of amides is 2. The molecule has 3 N–H and O–H groups in total. The second-order valence-corrected chi connectivity index (χ2v) is 3.64. The Labute approximate surface area is 108 Å². The molecule has 8 heteroatoms. The molecule has 0 unspecified atom stereocenters. The van der Waals surface area contributed by atoms with Crippen LogP contribution in [-0.4, -0.2) is 40.5 Å². The summed E-state index contributed by atoms with van der Waals surface area (Å²) in [6.07, 6.45) is -2.46. The van der Waals surface area contributed by atoms with Crippen LogP contribution < -0.4 is 15.2 Å². The van der Waals surface area contributed by atoms with Crippen LogP contribution in [0.3, 0.4) is 0 Å². The number of carbonyl (C=O) groups is 2. The van der Waals surface area contributed by atoms with Crippen molar-refractivity contribution >= 4 is 23.8 Å². The summed E-state index contributed by atoms with van der Waals surface area (Å²) in [5.74, 6) is 0.0781.